The van der Waals surface area contributed by atoms with Crippen molar-refractivity contribution in [1.82, 2.24) is 5.32 Å². The summed E-state index contributed by atoms with van der Waals surface area (Å²) in [6, 6.07) is 0.164. The molecule has 0 saturated heterocycles. The number of ether oxygens (including phenoxy) is 1. The fourth-order valence-corrected chi connectivity index (χ4v) is 1.82. The summed E-state index contributed by atoms with van der Waals surface area (Å²) in [5.74, 6) is 0.611. The van der Waals surface area contributed by atoms with Crippen LogP contribution in [-0.2, 0) is 15.5 Å². The molecule has 2 N–H and O–H groups in total. The normalized spacial score (nSPS) is 18.2. The predicted octanol–water partition coefficient (Wildman–Crippen LogP) is -0.650. The molecule has 80 valence electrons. The first-order valence-electron chi connectivity index (χ1n) is 4.26. The largest absolute Gasteiger partial charge is 0.389 e. The predicted molar refractivity (Wildman–Crippen MR) is 54.3 cm³/mol. The van der Waals surface area contributed by atoms with Crippen molar-refractivity contribution in [2.75, 3.05) is 32.3 Å². The van der Waals surface area contributed by atoms with Crippen LogP contribution in [0.25, 0.3) is 0 Å². The molecule has 5 heteroatoms. The molecule has 0 radical (unpaired) electrons. The number of hydrogen-bond donors (Lipinski definition) is 2. The first kappa shape index (κ1) is 13.0. The Labute approximate surface area is 82.1 Å². The van der Waals surface area contributed by atoms with Gasteiger partial charge in [-0.05, 0) is 6.92 Å². The highest BCUT2D eigenvalue weighted by molar-refractivity contribution is 7.84. The Morgan fingerprint density at radius 3 is 2.69 bits per heavy atom. The highest BCUT2D eigenvalue weighted by Gasteiger charge is 2.07. The Kier molecular flexibility index (Phi) is 7.45. The molecule has 3 unspecified atom stereocenters. The summed E-state index contributed by atoms with van der Waals surface area (Å²) < 4.78 is 15.6. The molecule has 0 aromatic heterocycles. The van der Waals surface area contributed by atoms with Gasteiger partial charge in [0.15, 0.2) is 0 Å². The van der Waals surface area contributed by atoms with E-state index in [2.05, 4.69) is 5.32 Å². The van der Waals surface area contributed by atoms with Gasteiger partial charge in [-0.1, -0.05) is 0 Å². The fraction of sp³-hybridized carbons (Fsp3) is 1.00. The Morgan fingerprint density at radius 1 is 1.62 bits per heavy atom. The summed E-state index contributed by atoms with van der Waals surface area (Å²) in [7, 11) is 0.760. The second kappa shape index (κ2) is 7.44. The van der Waals surface area contributed by atoms with Crippen molar-refractivity contribution >= 4 is 10.8 Å². The molecule has 0 aliphatic rings. The van der Waals surface area contributed by atoms with E-state index in [-0.39, 0.29) is 6.04 Å². The van der Waals surface area contributed by atoms with Crippen molar-refractivity contribution in [3.63, 3.8) is 0 Å². The molecule has 0 aromatic rings. The van der Waals surface area contributed by atoms with E-state index in [1.165, 1.54) is 0 Å². The fourth-order valence-electron chi connectivity index (χ4n) is 1.000. The molecule has 0 heterocycles. The van der Waals surface area contributed by atoms with Gasteiger partial charge in [-0.25, -0.2) is 0 Å². The van der Waals surface area contributed by atoms with Crippen molar-refractivity contribution in [2.45, 2.75) is 19.1 Å². The van der Waals surface area contributed by atoms with Gasteiger partial charge in [-0.2, -0.15) is 0 Å². The summed E-state index contributed by atoms with van der Waals surface area (Å²) in [5, 5.41) is 12.3. The molecule has 0 bridgehead atoms. The first-order chi connectivity index (χ1) is 6.06. The Bertz CT molecular complexity index is 154. The maximum atomic E-state index is 10.8. The van der Waals surface area contributed by atoms with Crippen LogP contribution in [0.4, 0.5) is 0 Å². The molecule has 0 rings (SSSR count). The molecule has 0 spiro atoms. The minimum Gasteiger partial charge on any atom is -0.389 e. The van der Waals surface area contributed by atoms with Gasteiger partial charge in [-0.3, -0.25) is 4.21 Å². The van der Waals surface area contributed by atoms with Gasteiger partial charge >= 0.3 is 0 Å². The molecule has 0 aliphatic carbocycles. The lowest BCUT2D eigenvalue weighted by atomic mass is 10.3. The van der Waals surface area contributed by atoms with E-state index in [9.17, 15) is 9.32 Å². The third kappa shape index (κ3) is 8.36. The van der Waals surface area contributed by atoms with Crippen molar-refractivity contribution in [1.29, 1.82) is 0 Å². The van der Waals surface area contributed by atoms with Crippen LogP contribution in [0.15, 0.2) is 0 Å². The smallest absolute Gasteiger partial charge is 0.0897 e. The van der Waals surface area contributed by atoms with Crippen molar-refractivity contribution in [3.8, 4) is 0 Å². The Hall–Kier alpha value is 0.0300. The number of rotatable bonds is 7. The van der Waals surface area contributed by atoms with Crippen LogP contribution in [0.5, 0.6) is 0 Å². The van der Waals surface area contributed by atoms with Crippen molar-refractivity contribution in [2.24, 2.45) is 0 Å². The van der Waals surface area contributed by atoms with E-state index in [0.29, 0.717) is 18.9 Å². The number of aliphatic hydroxyl groups is 1. The van der Waals surface area contributed by atoms with Crippen LogP contribution < -0.4 is 5.32 Å². The highest BCUT2D eigenvalue weighted by Crippen LogP contribution is 1.87. The van der Waals surface area contributed by atoms with Crippen LogP contribution in [0.3, 0.4) is 0 Å². The van der Waals surface area contributed by atoms with Crippen LogP contribution in [0, 0.1) is 0 Å². The molecule has 0 saturated carbocycles. The SMILES string of the molecule is COCC(O)CNC(C)CS(C)=O. The summed E-state index contributed by atoms with van der Waals surface area (Å²) in [4.78, 5) is 0. The summed E-state index contributed by atoms with van der Waals surface area (Å²) >= 11 is 0. The van der Waals surface area contributed by atoms with E-state index in [0.717, 1.165) is 0 Å². The molecule has 0 aromatic carbocycles. The molecule has 13 heavy (non-hydrogen) atoms. The van der Waals surface area contributed by atoms with Crippen molar-refractivity contribution in [3.05, 3.63) is 0 Å². The monoisotopic (exact) mass is 209 g/mol. The van der Waals surface area contributed by atoms with Crippen LogP contribution in [0.2, 0.25) is 0 Å². The molecule has 0 fully saturated rings. The first-order valence-corrected chi connectivity index (χ1v) is 5.99. The lowest BCUT2D eigenvalue weighted by molar-refractivity contribution is 0.0635. The molecule has 3 atom stereocenters. The molecular formula is C8H19NO3S. The standard InChI is InChI=1S/C8H19NO3S/c1-7(6-13(3)11)9-4-8(10)5-12-2/h7-10H,4-6H2,1-3H3. The van der Waals surface area contributed by atoms with E-state index < -0.39 is 16.9 Å². The van der Waals surface area contributed by atoms with Gasteiger partial charge in [0.25, 0.3) is 0 Å². The number of methoxy groups -OCH3 is 1. The Balaban J connectivity index is 3.45. The topological polar surface area (TPSA) is 58.6 Å². The third-order valence-corrected chi connectivity index (χ3v) is 2.52. The van der Waals surface area contributed by atoms with E-state index in [4.69, 9.17) is 4.74 Å². The van der Waals surface area contributed by atoms with Crippen molar-refractivity contribution < 1.29 is 14.1 Å². The van der Waals surface area contributed by atoms with Gasteiger partial charge in [0, 0.05) is 42.5 Å². The van der Waals surface area contributed by atoms with Gasteiger partial charge in [0.05, 0.1) is 12.7 Å². The van der Waals surface area contributed by atoms with Crippen LogP contribution in [0.1, 0.15) is 6.92 Å². The van der Waals surface area contributed by atoms with Crippen LogP contribution in [-0.4, -0.2) is 53.7 Å². The maximum absolute atomic E-state index is 10.8. The lowest BCUT2D eigenvalue weighted by Gasteiger charge is -2.15. The second-order valence-electron chi connectivity index (χ2n) is 3.16. The van der Waals surface area contributed by atoms with E-state index >= 15 is 0 Å². The number of aliphatic hydroxyl groups excluding tert-OH is 1. The minimum absolute atomic E-state index is 0.164. The van der Waals surface area contributed by atoms with Gasteiger partial charge < -0.3 is 15.2 Å². The van der Waals surface area contributed by atoms with Gasteiger partial charge in [0.1, 0.15) is 0 Å². The second-order valence-corrected chi connectivity index (χ2v) is 4.64. The average Bonchev–Trinajstić information content (AvgIpc) is 2.00. The highest BCUT2D eigenvalue weighted by atomic mass is 32.2. The lowest BCUT2D eigenvalue weighted by Crippen LogP contribution is -2.38. The average molecular weight is 209 g/mol. The summed E-state index contributed by atoms with van der Waals surface area (Å²) in [5.41, 5.74) is 0. The van der Waals surface area contributed by atoms with E-state index in [1.807, 2.05) is 6.92 Å². The maximum Gasteiger partial charge on any atom is 0.0897 e. The number of hydrogen-bond acceptors (Lipinski definition) is 4. The molecule has 0 aliphatic heterocycles. The minimum atomic E-state index is -0.789. The molecule has 0 amide bonds. The summed E-state index contributed by atoms with van der Waals surface area (Å²) in [6.07, 6.45) is 1.18. The van der Waals surface area contributed by atoms with Gasteiger partial charge in [0.2, 0.25) is 0 Å². The Morgan fingerprint density at radius 2 is 2.23 bits per heavy atom. The van der Waals surface area contributed by atoms with Gasteiger partial charge in [-0.15, -0.1) is 0 Å². The molecule has 4 nitrogen and oxygen atoms in total. The summed E-state index contributed by atoms with van der Waals surface area (Å²) in [6.45, 7) is 2.75. The molecular weight excluding hydrogens is 190 g/mol. The van der Waals surface area contributed by atoms with Crippen LogP contribution >= 0.6 is 0 Å². The zero-order valence-electron chi connectivity index (χ0n) is 8.45. The zero-order valence-corrected chi connectivity index (χ0v) is 9.26. The van der Waals surface area contributed by atoms with E-state index in [1.54, 1.807) is 13.4 Å². The number of nitrogens with one attached hydrogen (secondary N) is 1. The quantitative estimate of drug-likeness (QED) is 0.585. The zero-order chi connectivity index (χ0) is 10.3. The third-order valence-electron chi connectivity index (χ3n) is 1.55.